The quantitative estimate of drug-likeness (QED) is 0.638. The second-order valence-electron chi connectivity index (χ2n) is 5.23. The van der Waals surface area contributed by atoms with Crippen LogP contribution in [0.1, 0.15) is 18.4 Å². The summed E-state index contributed by atoms with van der Waals surface area (Å²) in [5, 5.41) is 10.8. The van der Waals surface area contributed by atoms with Gasteiger partial charge in [0, 0.05) is 19.7 Å². The molecule has 1 aromatic carbocycles. The number of nitrogens with two attached hydrogens (primary N) is 1. The molecule has 2 rings (SSSR count). The fraction of sp³-hybridized carbons (Fsp3) is 0.500. The molecule has 0 saturated carbocycles. The highest BCUT2D eigenvalue weighted by molar-refractivity contribution is 7.89. The molecule has 7 nitrogen and oxygen atoms in total. The van der Waals surface area contributed by atoms with Gasteiger partial charge in [-0.15, -0.1) is 0 Å². The van der Waals surface area contributed by atoms with E-state index < -0.39 is 10.0 Å². The van der Waals surface area contributed by atoms with Gasteiger partial charge in [-0.3, -0.25) is 4.79 Å². The van der Waals surface area contributed by atoms with Gasteiger partial charge in [-0.1, -0.05) is 12.1 Å². The molecule has 0 spiro atoms. The SMILES string of the molecule is NS(=O)(=O)c1ccc(CNC(=O)CNCC2CCCO2)cc1. The van der Waals surface area contributed by atoms with Crippen molar-refractivity contribution in [3.05, 3.63) is 29.8 Å². The molecule has 1 atom stereocenters. The molecule has 1 aromatic rings. The predicted molar refractivity (Wildman–Crippen MR) is 81.5 cm³/mol. The number of hydrogen-bond donors (Lipinski definition) is 3. The first kappa shape index (κ1) is 16.9. The lowest BCUT2D eigenvalue weighted by molar-refractivity contribution is -0.120. The maximum atomic E-state index is 11.7. The molecular weight excluding hydrogens is 306 g/mol. The van der Waals surface area contributed by atoms with Gasteiger partial charge < -0.3 is 15.4 Å². The molecule has 1 saturated heterocycles. The lowest BCUT2D eigenvalue weighted by atomic mass is 10.2. The van der Waals surface area contributed by atoms with Gasteiger partial charge in [0.05, 0.1) is 17.5 Å². The van der Waals surface area contributed by atoms with Crippen molar-refractivity contribution >= 4 is 15.9 Å². The molecule has 1 fully saturated rings. The molecule has 0 aliphatic carbocycles. The van der Waals surface area contributed by atoms with Crippen molar-refractivity contribution < 1.29 is 17.9 Å². The Balaban J connectivity index is 1.69. The second kappa shape index (κ2) is 7.68. The lowest BCUT2D eigenvalue weighted by Crippen LogP contribution is -2.36. The van der Waals surface area contributed by atoms with Crippen molar-refractivity contribution in [1.82, 2.24) is 10.6 Å². The number of amides is 1. The van der Waals surface area contributed by atoms with Crippen LogP contribution in [0.5, 0.6) is 0 Å². The van der Waals surface area contributed by atoms with E-state index in [4.69, 9.17) is 9.88 Å². The van der Waals surface area contributed by atoms with Gasteiger partial charge in [0.2, 0.25) is 15.9 Å². The van der Waals surface area contributed by atoms with Crippen LogP contribution in [0.4, 0.5) is 0 Å². The fourth-order valence-electron chi connectivity index (χ4n) is 2.21. The first-order valence-corrected chi connectivity index (χ1v) is 8.70. The summed E-state index contributed by atoms with van der Waals surface area (Å²) >= 11 is 0. The minimum Gasteiger partial charge on any atom is -0.377 e. The van der Waals surface area contributed by atoms with Crippen molar-refractivity contribution in [2.24, 2.45) is 5.14 Å². The Morgan fingerprint density at radius 1 is 1.32 bits per heavy atom. The summed E-state index contributed by atoms with van der Waals surface area (Å²) in [5.41, 5.74) is 0.805. The highest BCUT2D eigenvalue weighted by atomic mass is 32.2. The third-order valence-corrected chi connectivity index (χ3v) is 4.35. The molecule has 1 aliphatic heterocycles. The highest BCUT2D eigenvalue weighted by Crippen LogP contribution is 2.10. The number of carbonyl (C=O) groups is 1. The Hall–Kier alpha value is -1.48. The maximum absolute atomic E-state index is 11.7. The van der Waals surface area contributed by atoms with Crippen LogP contribution in [0.25, 0.3) is 0 Å². The van der Waals surface area contributed by atoms with Gasteiger partial charge in [-0.2, -0.15) is 0 Å². The van der Waals surface area contributed by atoms with E-state index in [1.165, 1.54) is 12.1 Å². The first-order valence-electron chi connectivity index (χ1n) is 7.16. The average molecular weight is 327 g/mol. The van der Waals surface area contributed by atoms with Gasteiger partial charge in [0.15, 0.2) is 0 Å². The minimum atomic E-state index is -3.68. The van der Waals surface area contributed by atoms with Crippen LogP contribution in [-0.4, -0.2) is 40.1 Å². The predicted octanol–water partition coefficient (Wildman–Crippen LogP) is -0.281. The normalized spacial score (nSPS) is 18.3. The van der Waals surface area contributed by atoms with E-state index >= 15 is 0 Å². The highest BCUT2D eigenvalue weighted by Gasteiger charge is 2.15. The smallest absolute Gasteiger partial charge is 0.238 e. The molecule has 0 radical (unpaired) electrons. The molecule has 22 heavy (non-hydrogen) atoms. The van der Waals surface area contributed by atoms with Crippen LogP contribution in [-0.2, 0) is 26.1 Å². The van der Waals surface area contributed by atoms with Crippen molar-refractivity contribution in [3.63, 3.8) is 0 Å². The number of hydrogen-bond acceptors (Lipinski definition) is 5. The number of ether oxygens (including phenoxy) is 1. The first-order chi connectivity index (χ1) is 10.4. The third-order valence-electron chi connectivity index (χ3n) is 3.42. The number of sulfonamides is 1. The van der Waals surface area contributed by atoms with Crippen LogP contribution in [0, 0.1) is 0 Å². The standard InChI is InChI=1S/C14H21N3O4S/c15-22(19,20)13-5-3-11(4-6-13)8-17-14(18)10-16-9-12-2-1-7-21-12/h3-6,12,16H,1-2,7-10H2,(H,17,18)(H2,15,19,20). The number of benzene rings is 1. The summed E-state index contributed by atoms with van der Waals surface area (Å²) in [7, 11) is -3.68. The van der Waals surface area contributed by atoms with Gasteiger partial charge in [0.25, 0.3) is 0 Å². The van der Waals surface area contributed by atoms with Crippen molar-refractivity contribution in [2.75, 3.05) is 19.7 Å². The summed E-state index contributed by atoms with van der Waals surface area (Å²) in [6.07, 6.45) is 2.32. The Bertz CT molecular complexity index is 595. The van der Waals surface area contributed by atoms with Crippen LogP contribution < -0.4 is 15.8 Å². The van der Waals surface area contributed by atoms with E-state index in [9.17, 15) is 13.2 Å². The number of carbonyl (C=O) groups excluding carboxylic acids is 1. The number of rotatable bonds is 7. The van der Waals surface area contributed by atoms with Gasteiger partial charge in [0.1, 0.15) is 0 Å². The van der Waals surface area contributed by atoms with Crippen LogP contribution in [0.15, 0.2) is 29.2 Å². The largest absolute Gasteiger partial charge is 0.377 e. The summed E-state index contributed by atoms with van der Waals surface area (Å²) in [5.74, 6) is -0.117. The lowest BCUT2D eigenvalue weighted by Gasteiger charge is -2.11. The average Bonchev–Trinajstić information content (AvgIpc) is 2.98. The Morgan fingerprint density at radius 2 is 2.05 bits per heavy atom. The zero-order chi connectivity index (χ0) is 16.0. The van der Waals surface area contributed by atoms with Gasteiger partial charge >= 0.3 is 0 Å². The Kier molecular flexibility index (Phi) is 5.90. The summed E-state index contributed by atoms with van der Waals surface area (Å²) in [4.78, 5) is 11.7. The summed E-state index contributed by atoms with van der Waals surface area (Å²) in [6.45, 7) is 2.05. The number of primary sulfonamides is 1. The van der Waals surface area contributed by atoms with E-state index in [-0.39, 0.29) is 23.5 Å². The van der Waals surface area contributed by atoms with Gasteiger partial charge in [-0.05, 0) is 30.5 Å². The van der Waals surface area contributed by atoms with E-state index in [2.05, 4.69) is 10.6 Å². The molecule has 0 bridgehead atoms. The summed E-state index contributed by atoms with van der Waals surface area (Å²) in [6, 6.07) is 6.10. The maximum Gasteiger partial charge on any atom is 0.238 e. The molecular formula is C14H21N3O4S. The van der Waals surface area contributed by atoms with E-state index in [0.29, 0.717) is 13.1 Å². The molecule has 1 unspecified atom stereocenters. The third kappa shape index (κ3) is 5.38. The molecule has 8 heteroatoms. The molecule has 122 valence electrons. The van der Waals surface area contributed by atoms with Crippen molar-refractivity contribution in [3.8, 4) is 0 Å². The van der Waals surface area contributed by atoms with Crippen LogP contribution in [0.2, 0.25) is 0 Å². The number of nitrogens with one attached hydrogen (secondary N) is 2. The van der Waals surface area contributed by atoms with E-state index in [1.807, 2.05) is 0 Å². The molecule has 0 aromatic heterocycles. The molecule has 1 amide bonds. The Morgan fingerprint density at radius 3 is 2.64 bits per heavy atom. The fourth-order valence-corrected chi connectivity index (χ4v) is 2.73. The molecule has 1 heterocycles. The van der Waals surface area contributed by atoms with Crippen LogP contribution in [0.3, 0.4) is 0 Å². The van der Waals surface area contributed by atoms with E-state index in [1.54, 1.807) is 12.1 Å². The Labute approximate surface area is 130 Å². The monoisotopic (exact) mass is 327 g/mol. The minimum absolute atomic E-state index is 0.0563. The zero-order valence-electron chi connectivity index (χ0n) is 12.2. The molecule has 1 aliphatic rings. The van der Waals surface area contributed by atoms with Gasteiger partial charge in [-0.25, -0.2) is 13.6 Å². The second-order valence-corrected chi connectivity index (χ2v) is 6.79. The summed E-state index contributed by atoms with van der Waals surface area (Å²) < 4.78 is 27.7. The molecule has 4 N–H and O–H groups in total. The van der Waals surface area contributed by atoms with Crippen LogP contribution >= 0.6 is 0 Å². The van der Waals surface area contributed by atoms with E-state index in [0.717, 1.165) is 25.0 Å². The topological polar surface area (TPSA) is 111 Å². The van der Waals surface area contributed by atoms with Crippen molar-refractivity contribution in [1.29, 1.82) is 0 Å². The van der Waals surface area contributed by atoms with Crippen molar-refractivity contribution in [2.45, 2.75) is 30.4 Å². The zero-order valence-corrected chi connectivity index (χ0v) is 13.1.